The molecule has 1 saturated carbocycles. The van der Waals surface area contributed by atoms with Crippen LogP contribution in [0.3, 0.4) is 0 Å². The maximum Gasteiger partial charge on any atom is 0.233 e. The number of amides is 1. The first kappa shape index (κ1) is 13.5. The Morgan fingerprint density at radius 1 is 1.44 bits per heavy atom. The van der Waals surface area contributed by atoms with Gasteiger partial charge in [-0.05, 0) is 25.2 Å². The fraction of sp³-hybridized carbons (Fsp3) is 0.917. The average Bonchev–Trinajstić information content (AvgIpc) is 2.19. The topological polar surface area (TPSA) is 50.4 Å². The fourth-order valence-electron chi connectivity index (χ4n) is 1.81. The molecule has 0 aromatic carbocycles. The van der Waals surface area contributed by atoms with Crippen molar-refractivity contribution in [3.63, 3.8) is 0 Å². The molecule has 1 amide bonds. The van der Waals surface area contributed by atoms with Crippen molar-refractivity contribution >= 4 is 5.91 Å². The molecule has 0 aromatic rings. The van der Waals surface area contributed by atoms with E-state index in [4.69, 9.17) is 4.74 Å². The van der Waals surface area contributed by atoms with Gasteiger partial charge in [0.05, 0.1) is 12.1 Å². The molecule has 0 radical (unpaired) electrons. The number of ether oxygens (including phenoxy) is 1. The van der Waals surface area contributed by atoms with Crippen LogP contribution in [0.2, 0.25) is 0 Å². The van der Waals surface area contributed by atoms with Crippen molar-refractivity contribution in [3.8, 4) is 0 Å². The maximum absolute atomic E-state index is 11.4. The summed E-state index contributed by atoms with van der Waals surface area (Å²) in [6, 6.07) is 0. The van der Waals surface area contributed by atoms with Crippen LogP contribution in [0.25, 0.3) is 0 Å². The molecule has 16 heavy (non-hydrogen) atoms. The minimum Gasteiger partial charge on any atom is -0.377 e. The van der Waals surface area contributed by atoms with E-state index in [2.05, 4.69) is 24.5 Å². The third kappa shape index (κ3) is 4.10. The summed E-state index contributed by atoms with van der Waals surface area (Å²) in [6.45, 7) is 6.08. The molecule has 0 spiro atoms. The Kier molecular flexibility index (Phi) is 5.22. The van der Waals surface area contributed by atoms with E-state index in [0.29, 0.717) is 12.5 Å². The van der Waals surface area contributed by atoms with Crippen molar-refractivity contribution in [1.29, 1.82) is 0 Å². The predicted octanol–water partition coefficient (Wildman–Crippen LogP) is 0.917. The first-order chi connectivity index (χ1) is 7.58. The van der Waals surface area contributed by atoms with Crippen LogP contribution in [-0.4, -0.2) is 38.3 Å². The molecule has 1 aliphatic rings. The second-order valence-corrected chi connectivity index (χ2v) is 5.04. The highest BCUT2D eigenvalue weighted by Crippen LogP contribution is 2.34. The molecule has 4 nitrogen and oxygen atoms in total. The van der Waals surface area contributed by atoms with Crippen LogP contribution in [-0.2, 0) is 9.53 Å². The van der Waals surface area contributed by atoms with Gasteiger partial charge >= 0.3 is 0 Å². The van der Waals surface area contributed by atoms with E-state index >= 15 is 0 Å². The van der Waals surface area contributed by atoms with Crippen molar-refractivity contribution in [2.75, 3.05) is 26.7 Å². The van der Waals surface area contributed by atoms with Gasteiger partial charge in [0.1, 0.15) is 0 Å². The number of hydrogen-bond acceptors (Lipinski definition) is 3. The highest BCUT2D eigenvalue weighted by molar-refractivity contribution is 5.77. The minimum atomic E-state index is -0.00166. The van der Waals surface area contributed by atoms with Gasteiger partial charge in [-0.1, -0.05) is 13.8 Å². The fourth-order valence-corrected chi connectivity index (χ4v) is 1.81. The van der Waals surface area contributed by atoms with E-state index < -0.39 is 0 Å². The van der Waals surface area contributed by atoms with Gasteiger partial charge in [-0.25, -0.2) is 0 Å². The minimum absolute atomic E-state index is 0.00166. The number of carbonyl (C=O) groups excluding carboxylic acids is 1. The van der Waals surface area contributed by atoms with Crippen molar-refractivity contribution < 1.29 is 9.53 Å². The Hall–Kier alpha value is -0.610. The van der Waals surface area contributed by atoms with Crippen LogP contribution in [0.1, 0.15) is 33.1 Å². The summed E-state index contributed by atoms with van der Waals surface area (Å²) < 4.78 is 5.46. The lowest BCUT2D eigenvalue weighted by Gasteiger charge is -2.40. The van der Waals surface area contributed by atoms with E-state index in [1.165, 1.54) is 6.42 Å². The predicted molar refractivity (Wildman–Crippen MR) is 64.3 cm³/mol. The number of nitrogens with one attached hydrogen (secondary N) is 2. The van der Waals surface area contributed by atoms with Crippen molar-refractivity contribution in [3.05, 3.63) is 0 Å². The van der Waals surface area contributed by atoms with Crippen molar-refractivity contribution in [2.45, 2.75) is 38.7 Å². The lowest BCUT2D eigenvalue weighted by Crippen LogP contribution is -2.49. The van der Waals surface area contributed by atoms with Gasteiger partial charge in [-0.3, -0.25) is 4.79 Å². The molecule has 0 unspecified atom stereocenters. The van der Waals surface area contributed by atoms with Crippen LogP contribution < -0.4 is 10.6 Å². The molecule has 94 valence electrons. The third-order valence-electron chi connectivity index (χ3n) is 3.14. The van der Waals surface area contributed by atoms with Crippen molar-refractivity contribution in [1.82, 2.24) is 10.6 Å². The molecule has 1 aliphatic carbocycles. The molecule has 2 N–H and O–H groups in total. The number of hydrogen-bond donors (Lipinski definition) is 2. The SMILES string of the molecule is COC1(CNCC(=O)NCC(C)C)CCC1. The average molecular weight is 228 g/mol. The highest BCUT2D eigenvalue weighted by atomic mass is 16.5. The van der Waals surface area contributed by atoms with Gasteiger partial charge < -0.3 is 15.4 Å². The number of methoxy groups -OCH3 is 1. The van der Waals surface area contributed by atoms with Crippen molar-refractivity contribution in [2.24, 2.45) is 5.92 Å². The van der Waals surface area contributed by atoms with Gasteiger partial charge in [0.15, 0.2) is 0 Å². The molecular formula is C12H24N2O2. The van der Waals surface area contributed by atoms with Crippen LogP contribution in [0.5, 0.6) is 0 Å². The number of carbonyl (C=O) groups is 1. The molecule has 0 aliphatic heterocycles. The van der Waals surface area contributed by atoms with Gasteiger partial charge in [-0.2, -0.15) is 0 Å². The molecule has 1 fully saturated rings. The van der Waals surface area contributed by atoms with E-state index in [0.717, 1.165) is 25.9 Å². The first-order valence-corrected chi connectivity index (χ1v) is 6.10. The summed E-state index contributed by atoms with van der Waals surface area (Å²) in [5, 5.41) is 6.05. The summed E-state index contributed by atoms with van der Waals surface area (Å²) in [6.07, 6.45) is 3.43. The molecule has 4 heteroatoms. The maximum atomic E-state index is 11.4. The standard InChI is InChI=1S/C12H24N2O2/c1-10(2)7-14-11(15)8-13-9-12(16-3)5-4-6-12/h10,13H,4-9H2,1-3H3,(H,14,15). The monoisotopic (exact) mass is 228 g/mol. The van der Waals surface area contributed by atoms with E-state index in [9.17, 15) is 4.79 Å². The van der Waals surface area contributed by atoms with E-state index in [1.54, 1.807) is 7.11 Å². The molecule has 0 aromatic heterocycles. The van der Waals surface area contributed by atoms with Gasteiger partial charge in [-0.15, -0.1) is 0 Å². The lowest BCUT2D eigenvalue weighted by molar-refractivity contribution is -0.121. The second kappa shape index (κ2) is 6.21. The summed E-state index contributed by atoms with van der Waals surface area (Å²) in [5.74, 6) is 0.570. The smallest absolute Gasteiger partial charge is 0.233 e. The zero-order chi connectivity index (χ0) is 12.0. The second-order valence-electron chi connectivity index (χ2n) is 5.04. The Bertz CT molecular complexity index is 220. The Morgan fingerprint density at radius 2 is 2.12 bits per heavy atom. The molecular weight excluding hydrogens is 204 g/mol. The summed E-state index contributed by atoms with van der Waals surface area (Å²) >= 11 is 0. The zero-order valence-corrected chi connectivity index (χ0v) is 10.6. The van der Waals surface area contributed by atoms with Gasteiger partial charge in [0, 0.05) is 20.2 Å². The normalized spacial score (nSPS) is 18.2. The number of rotatable bonds is 7. The van der Waals surface area contributed by atoms with E-state index in [-0.39, 0.29) is 11.5 Å². The van der Waals surface area contributed by atoms with Crippen LogP contribution in [0.15, 0.2) is 0 Å². The van der Waals surface area contributed by atoms with Crippen LogP contribution in [0.4, 0.5) is 0 Å². The summed E-state index contributed by atoms with van der Waals surface area (Å²) in [5.41, 5.74) is -0.00166. The largest absolute Gasteiger partial charge is 0.377 e. The third-order valence-corrected chi connectivity index (χ3v) is 3.14. The summed E-state index contributed by atoms with van der Waals surface area (Å²) in [4.78, 5) is 11.4. The van der Waals surface area contributed by atoms with Gasteiger partial charge in [0.25, 0.3) is 0 Å². The summed E-state index contributed by atoms with van der Waals surface area (Å²) in [7, 11) is 1.75. The molecule has 0 atom stereocenters. The molecule has 0 saturated heterocycles. The Morgan fingerprint density at radius 3 is 2.56 bits per heavy atom. The molecule has 0 heterocycles. The molecule has 1 rings (SSSR count). The van der Waals surface area contributed by atoms with Gasteiger partial charge in [0.2, 0.25) is 5.91 Å². The highest BCUT2D eigenvalue weighted by Gasteiger charge is 2.36. The first-order valence-electron chi connectivity index (χ1n) is 6.10. The van der Waals surface area contributed by atoms with Crippen LogP contribution >= 0.6 is 0 Å². The lowest BCUT2D eigenvalue weighted by atomic mass is 9.80. The van der Waals surface area contributed by atoms with Crippen LogP contribution in [0, 0.1) is 5.92 Å². The molecule has 0 bridgehead atoms. The Balaban J connectivity index is 2.08. The quantitative estimate of drug-likeness (QED) is 0.681. The van der Waals surface area contributed by atoms with E-state index in [1.807, 2.05) is 0 Å². The Labute approximate surface area is 98.1 Å². The zero-order valence-electron chi connectivity index (χ0n) is 10.6.